The van der Waals surface area contributed by atoms with Crippen LogP contribution in [-0.2, 0) is 0 Å². The van der Waals surface area contributed by atoms with Crippen LogP contribution in [0.4, 0.5) is 0 Å². The van der Waals surface area contributed by atoms with Gasteiger partial charge >= 0.3 is 0 Å². The average Bonchev–Trinajstić information content (AvgIpc) is 3.71. The van der Waals surface area contributed by atoms with Crippen LogP contribution in [0.1, 0.15) is 0 Å². The van der Waals surface area contributed by atoms with Crippen LogP contribution in [0.5, 0.6) is 0 Å². The molecule has 3 heterocycles. The molecule has 0 radical (unpaired) electrons. The van der Waals surface area contributed by atoms with Gasteiger partial charge in [-0.2, -0.15) is 0 Å². The van der Waals surface area contributed by atoms with Crippen LogP contribution in [-0.4, -0.2) is 9.13 Å². The maximum atomic E-state index is 5.95. The Hall–Kier alpha value is -5.54. The molecule has 0 N–H and O–H groups in total. The van der Waals surface area contributed by atoms with Gasteiger partial charge in [0.25, 0.3) is 0 Å². The average molecular weight is 525 g/mol. The molecule has 3 heteroatoms. The molecule has 3 nitrogen and oxygen atoms in total. The molecule has 9 rings (SSSR count). The highest BCUT2D eigenvalue weighted by molar-refractivity contribution is 6.13. The van der Waals surface area contributed by atoms with Crippen molar-refractivity contribution in [3.63, 3.8) is 0 Å². The quantitative estimate of drug-likeness (QED) is 0.225. The lowest BCUT2D eigenvalue weighted by molar-refractivity contribution is 0.614. The zero-order valence-corrected chi connectivity index (χ0v) is 22.2. The maximum absolute atomic E-state index is 5.95. The van der Waals surface area contributed by atoms with Crippen LogP contribution in [0.15, 0.2) is 150 Å². The highest BCUT2D eigenvalue weighted by Gasteiger charge is 2.17. The van der Waals surface area contributed by atoms with Crippen molar-refractivity contribution in [2.45, 2.75) is 0 Å². The smallest absolute Gasteiger partial charge is 0.136 e. The zero-order chi connectivity index (χ0) is 26.9. The Morgan fingerprint density at radius 1 is 0.390 bits per heavy atom. The molecule has 192 valence electrons. The molecule has 9 aromatic rings. The summed E-state index contributed by atoms with van der Waals surface area (Å²) in [4.78, 5) is 0. The number of nitrogens with zero attached hydrogens (tertiary/aromatic N) is 2. The number of rotatable bonds is 3. The Morgan fingerprint density at radius 2 is 0.902 bits per heavy atom. The van der Waals surface area contributed by atoms with Gasteiger partial charge in [-0.25, -0.2) is 0 Å². The highest BCUT2D eigenvalue weighted by atomic mass is 16.3. The lowest BCUT2D eigenvalue weighted by Crippen LogP contribution is -1.93. The van der Waals surface area contributed by atoms with Crippen LogP contribution in [0.2, 0.25) is 0 Å². The Kier molecular flexibility index (Phi) is 4.61. The van der Waals surface area contributed by atoms with Crippen LogP contribution in [0, 0.1) is 0 Å². The predicted octanol–water partition coefficient (Wildman–Crippen LogP) is 10.3. The molecule has 0 spiro atoms. The van der Waals surface area contributed by atoms with E-state index in [0.29, 0.717) is 0 Å². The predicted molar refractivity (Wildman–Crippen MR) is 170 cm³/mol. The summed E-state index contributed by atoms with van der Waals surface area (Å²) in [6.07, 6.45) is 1.88. The fraction of sp³-hybridized carbons (Fsp3) is 0. The number of hydrogen-bond donors (Lipinski definition) is 0. The SMILES string of the molecule is c1ccc(-n2c3ccccc3c3cc(-c4ccc5c(c4)c4ccccc4n5-c4coc5ccccc45)ccc32)cc1. The van der Waals surface area contributed by atoms with Gasteiger partial charge in [0.05, 0.1) is 27.8 Å². The number of benzene rings is 6. The van der Waals surface area contributed by atoms with Crippen LogP contribution in [0.3, 0.4) is 0 Å². The normalized spacial score (nSPS) is 11.9. The van der Waals surface area contributed by atoms with Crippen molar-refractivity contribution in [2.75, 3.05) is 0 Å². The molecule has 0 aliphatic carbocycles. The lowest BCUT2D eigenvalue weighted by atomic mass is 10.0. The van der Waals surface area contributed by atoms with E-state index in [1.807, 2.05) is 18.4 Å². The molecule has 0 bridgehead atoms. The molecule has 6 aromatic carbocycles. The molecule has 41 heavy (non-hydrogen) atoms. The van der Waals surface area contributed by atoms with Crippen molar-refractivity contribution in [1.82, 2.24) is 9.13 Å². The maximum Gasteiger partial charge on any atom is 0.136 e. The number of fused-ring (bicyclic) bond motifs is 7. The van der Waals surface area contributed by atoms with Crippen molar-refractivity contribution in [1.29, 1.82) is 0 Å². The van der Waals surface area contributed by atoms with Crippen LogP contribution >= 0.6 is 0 Å². The van der Waals surface area contributed by atoms with E-state index >= 15 is 0 Å². The molecule has 0 atom stereocenters. The Morgan fingerprint density at radius 3 is 1.59 bits per heavy atom. The minimum absolute atomic E-state index is 0.896. The first-order chi connectivity index (χ1) is 20.3. The molecule has 0 aliphatic rings. The van der Waals surface area contributed by atoms with Gasteiger partial charge in [0.15, 0.2) is 0 Å². The Balaban J connectivity index is 1.28. The first-order valence-electron chi connectivity index (χ1n) is 13.9. The summed E-state index contributed by atoms with van der Waals surface area (Å²) >= 11 is 0. The third-order valence-corrected chi connectivity index (χ3v) is 8.39. The molecule has 0 amide bonds. The van der Waals surface area contributed by atoms with Crippen molar-refractivity contribution >= 4 is 54.6 Å². The molecular weight excluding hydrogens is 500 g/mol. The minimum Gasteiger partial charge on any atom is -0.462 e. The van der Waals surface area contributed by atoms with E-state index in [1.165, 1.54) is 60.4 Å². The minimum atomic E-state index is 0.896. The van der Waals surface area contributed by atoms with E-state index in [2.05, 4.69) is 137 Å². The van der Waals surface area contributed by atoms with E-state index in [9.17, 15) is 0 Å². The molecule has 0 saturated heterocycles. The first-order valence-corrected chi connectivity index (χ1v) is 13.9. The van der Waals surface area contributed by atoms with Crippen molar-refractivity contribution in [3.8, 4) is 22.5 Å². The van der Waals surface area contributed by atoms with Crippen LogP contribution in [0.25, 0.3) is 77.1 Å². The highest BCUT2D eigenvalue weighted by Crippen LogP contribution is 2.39. The summed E-state index contributed by atoms with van der Waals surface area (Å²) in [5.41, 5.74) is 10.3. The third-order valence-electron chi connectivity index (χ3n) is 8.39. The van der Waals surface area contributed by atoms with E-state index in [4.69, 9.17) is 4.42 Å². The molecular formula is C38H24N2O. The third kappa shape index (κ3) is 3.20. The summed E-state index contributed by atoms with van der Waals surface area (Å²) in [5.74, 6) is 0. The molecule has 0 aliphatic heterocycles. The second-order valence-corrected chi connectivity index (χ2v) is 10.6. The number of hydrogen-bond acceptors (Lipinski definition) is 1. The molecule has 0 unspecified atom stereocenters. The standard InChI is InChI=1S/C38H24N2O/c1-2-10-27(11-3-1)39-33-15-7-4-12-28(33)31-22-25(18-20-35(31)39)26-19-21-36-32(23-26)29-13-5-8-16-34(29)40(36)37-24-41-38-17-9-6-14-30(37)38/h1-24H. The van der Waals surface area contributed by atoms with Gasteiger partial charge in [0, 0.05) is 32.6 Å². The van der Waals surface area contributed by atoms with Crippen molar-refractivity contribution in [3.05, 3.63) is 146 Å². The van der Waals surface area contributed by atoms with Crippen molar-refractivity contribution < 1.29 is 4.42 Å². The Labute approximate surface area is 236 Å². The van der Waals surface area contributed by atoms with E-state index in [-0.39, 0.29) is 0 Å². The second kappa shape index (κ2) is 8.48. The lowest BCUT2D eigenvalue weighted by Gasteiger charge is -2.09. The van der Waals surface area contributed by atoms with Crippen molar-refractivity contribution in [2.24, 2.45) is 0 Å². The summed E-state index contributed by atoms with van der Waals surface area (Å²) in [6.45, 7) is 0. The molecule has 0 saturated carbocycles. The van der Waals surface area contributed by atoms with Crippen LogP contribution < -0.4 is 0 Å². The topological polar surface area (TPSA) is 23.0 Å². The second-order valence-electron chi connectivity index (χ2n) is 10.6. The first kappa shape index (κ1) is 22.3. The van der Waals surface area contributed by atoms with Gasteiger partial charge < -0.3 is 13.6 Å². The van der Waals surface area contributed by atoms with Gasteiger partial charge in [0.2, 0.25) is 0 Å². The largest absolute Gasteiger partial charge is 0.462 e. The molecule has 3 aromatic heterocycles. The van der Waals surface area contributed by atoms with Gasteiger partial charge in [-0.15, -0.1) is 0 Å². The summed E-state index contributed by atoms with van der Waals surface area (Å²) in [6, 6.07) is 49.9. The van der Waals surface area contributed by atoms with E-state index < -0.39 is 0 Å². The summed E-state index contributed by atoms with van der Waals surface area (Å²) in [5, 5.41) is 6.10. The van der Waals surface area contributed by atoms with E-state index in [0.717, 1.165) is 16.7 Å². The fourth-order valence-corrected chi connectivity index (χ4v) is 6.56. The zero-order valence-electron chi connectivity index (χ0n) is 22.2. The van der Waals surface area contributed by atoms with E-state index in [1.54, 1.807) is 0 Å². The number of para-hydroxylation sites is 4. The van der Waals surface area contributed by atoms with Gasteiger partial charge in [-0.3, -0.25) is 0 Å². The number of aromatic nitrogens is 2. The Bertz CT molecular complexity index is 2420. The molecule has 0 fully saturated rings. The summed E-state index contributed by atoms with van der Waals surface area (Å²) < 4.78 is 10.6. The van der Waals surface area contributed by atoms with Gasteiger partial charge in [-0.1, -0.05) is 78.9 Å². The van der Waals surface area contributed by atoms with Gasteiger partial charge in [-0.05, 0) is 71.8 Å². The number of furan rings is 1. The monoisotopic (exact) mass is 524 g/mol. The summed E-state index contributed by atoms with van der Waals surface area (Å²) in [7, 11) is 0. The fourth-order valence-electron chi connectivity index (χ4n) is 6.56. The van der Waals surface area contributed by atoms with Gasteiger partial charge in [0.1, 0.15) is 11.8 Å².